The predicted octanol–water partition coefficient (Wildman–Crippen LogP) is 0.833. The van der Waals surface area contributed by atoms with Crippen molar-refractivity contribution in [1.29, 1.82) is 0 Å². The number of aromatic carboxylic acids is 1. The molecule has 1 aromatic rings. The summed E-state index contributed by atoms with van der Waals surface area (Å²) in [5.74, 6) is -1.95. The Labute approximate surface area is 97.5 Å². The summed E-state index contributed by atoms with van der Waals surface area (Å²) in [5.41, 5.74) is 0.619. The van der Waals surface area contributed by atoms with Crippen molar-refractivity contribution in [2.45, 2.75) is 18.9 Å². The summed E-state index contributed by atoms with van der Waals surface area (Å²) in [6.07, 6.45) is 4.10. The smallest absolute Gasteiger partial charge is 0.337 e. The number of carboxylic acids is 2. The van der Waals surface area contributed by atoms with Gasteiger partial charge in [0.05, 0.1) is 17.4 Å². The molecule has 17 heavy (non-hydrogen) atoms. The van der Waals surface area contributed by atoms with Gasteiger partial charge in [0.1, 0.15) is 6.04 Å². The van der Waals surface area contributed by atoms with Gasteiger partial charge < -0.3 is 15.1 Å². The standard InChI is InChI=1S/C11H12N2O4/c14-10(15)7-4-8(6-12-5-7)13-3-1-2-9(13)11(16)17/h4-6,9H,1-3H2,(H,14,15)(H,16,17). The number of carboxylic acid groups (broad SMARTS) is 2. The van der Waals surface area contributed by atoms with E-state index in [1.165, 1.54) is 18.5 Å². The van der Waals surface area contributed by atoms with Crippen LogP contribution in [-0.4, -0.2) is 39.7 Å². The number of hydrogen-bond acceptors (Lipinski definition) is 4. The third kappa shape index (κ3) is 2.20. The van der Waals surface area contributed by atoms with Crippen LogP contribution < -0.4 is 4.90 Å². The van der Waals surface area contributed by atoms with Crippen molar-refractivity contribution >= 4 is 17.6 Å². The lowest BCUT2D eigenvalue weighted by Crippen LogP contribution is -2.36. The molecule has 90 valence electrons. The Bertz CT molecular complexity index is 461. The molecule has 1 unspecified atom stereocenters. The summed E-state index contributed by atoms with van der Waals surface area (Å²) in [4.78, 5) is 27.3. The van der Waals surface area contributed by atoms with Crippen molar-refractivity contribution in [3.8, 4) is 0 Å². The summed E-state index contributed by atoms with van der Waals surface area (Å²) < 4.78 is 0. The Balaban J connectivity index is 2.30. The van der Waals surface area contributed by atoms with Gasteiger partial charge in [0.2, 0.25) is 0 Å². The van der Waals surface area contributed by atoms with Crippen molar-refractivity contribution in [1.82, 2.24) is 4.98 Å². The van der Waals surface area contributed by atoms with Crippen molar-refractivity contribution in [3.63, 3.8) is 0 Å². The van der Waals surface area contributed by atoms with Crippen LogP contribution in [-0.2, 0) is 4.79 Å². The third-order valence-electron chi connectivity index (χ3n) is 2.84. The Hall–Kier alpha value is -2.11. The van der Waals surface area contributed by atoms with Gasteiger partial charge in [-0.25, -0.2) is 9.59 Å². The molecule has 0 aromatic carbocycles. The third-order valence-corrected chi connectivity index (χ3v) is 2.84. The largest absolute Gasteiger partial charge is 0.480 e. The van der Waals surface area contributed by atoms with Crippen LogP contribution >= 0.6 is 0 Å². The van der Waals surface area contributed by atoms with Gasteiger partial charge in [-0.2, -0.15) is 0 Å². The van der Waals surface area contributed by atoms with Gasteiger partial charge in [-0.3, -0.25) is 4.98 Å². The summed E-state index contributed by atoms with van der Waals surface area (Å²) in [7, 11) is 0. The van der Waals surface area contributed by atoms with E-state index in [1.54, 1.807) is 4.90 Å². The fourth-order valence-electron chi connectivity index (χ4n) is 2.03. The number of carbonyl (C=O) groups is 2. The second kappa shape index (κ2) is 4.40. The first-order valence-corrected chi connectivity index (χ1v) is 5.27. The van der Waals surface area contributed by atoms with Crippen molar-refractivity contribution in [3.05, 3.63) is 24.0 Å². The normalized spacial score (nSPS) is 19.3. The highest BCUT2D eigenvalue weighted by molar-refractivity contribution is 5.88. The number of rotatable bonds is 3. The van der Waals surface area contributed by atoms with E-state index >= 15 is 0 Å². The van der Waals surface area contributed by atoms with Gasteiger partial charge in [-0.15, -0.1) is 0 Å². The van der Waals surface area contributed by atoms with Gasteiger partial charge in [-0.1, -0.05) is 0 Å². The second-order valence-corrected chi connectivity index (χ2v) is 3.93. The fourth-order valence-corrected chi connectivity index (χ4v) is 2.03. The Morgan fingerprint density at radius 1 is 1.35 bits per heavy atom. The van der Waals surface area contributed by atoms with Crippen LogP contribution in [0.1, 0.15) is 23.2 Å². The molecule has 0 saturated carbocycles. The van der Waals surface area contributed by atoms with E-state index in [-0.39, 0.29) is 5.56 Å². The summed E-state index contributed by atoms with van der Waals surface area (Å²) in [5, 5.41) is 17.9. The number of aromatic nitrogens is 1. The zero-order chi connectivity index (χ0) is 12.4. The Morgan fingerprint density at radius 2 is 2.12 bits per heavy atom. The van der Waals surface area contributed by atoms with E-state index in [1.807, 2.05) is 0 Å². The van der Waals surface area contributed by atoms with Gasteiger partial charge in [0.25, 0.3) is 0 Å². The van der Waals surface area contributed by atoms with Crippen LogP contribution in [0.2, 0.25) is 0 Å². The molecule has 0 amide bonds. The summed E-state index contributed by atoms with van der Waals surface area (Å²) >= 11 is 0. The number of aliphatic carboxylic acids is 1. The van der Waals surface area contributed by atoms with Crippen molar-refractivity contribution < 1.29 is 19.8 Å². The first-order chi connectivity index (χ1) is 8.09. The van der Waals surface area contributed by atoms with E-state index < -0.39 is 18.0 Å². The zero-order valence-corrected chi connectivity index (χ0v) is 9.04. The van der Waals surface area contributed by atoms with E-state index in [4.69, 9.17) is 10.2 Å². The predicted molar refractivity (Wildman–Crippen MR) is 59.2 cm³/mol. The minimum atomic E-state index is -1.06. The number of nitrogens with zero attached hydrogens (tertiary/aromatic N) is 2. The van der Waals surface area contributed by atoms with Crippen LogP contribution in [0.15, 0.2) is 18.5 Å². The van der Waals surface area contributed by atoms with Crippen LogP contribution in [0.3, 0.4) is 0 Å². The topological polar surface area (TPSA) is 90.7 Å². The monoisotopic (exact) mass is 236 g/mol. The molecular weight excluding hydrogens is 224 g/mol. The molecule has 1 atom stereocenters. The SMILES string of the molecule is O=C(O)c1cncc(N2CCCC2C(=O)O)c1. The summed E-state index contributed by atoms with van der Waals surface area (Å²) in [6, 6.07) is 0.872. The minimum Gasteiger partial charge on any atom is -0.480 e. The molecule has 0 aliphatic carbocycles. The number of pyridine rings is 1. The summed E-state index contributed by atoms with van der Waals surface area (Å²) in [6.45, 7) is 0.613. The van der Waals surface area contributed by atoms with E-state index in [0.29, 0.717) is 18.7 Å². The molecule has 2 heterocycles. The molecule has 1 fully saturated rings. The highest BCUT2D eigenvalue weighted by Gasteiger charge is 2.31. The maximum Gasteiger partial charge on any atom is 0.337 e. The molecule has 1 aromatic heterocycles. The van der Waals surface area contributed by atoms with Crippen LogP contribution in [0, 0.1) is 0 Å². The number of hydrogen-bond donors (Lipinski definition) is 2. The van der Waals surface area contributed by atoms with Crippen LogP contribution in [0.5, 0.6) is 0 Å². The van der Waals surface area contributed by atoms with E-state index in [0.717, 1.165) is 6.42 Å². The molecular formula is C11H12N2O4. The quantitative estimate of drug-likeness (QED) is 0.807. The molecule has 2 N–H and O–H groups in total. The lowest BCUT2D eigenvalue weighted by atomic mass is 10.2. The molecule has 6 nitrogen and oxygen atoms in total. The minimum absolute atomic E-state index is 0.0681. The first kappa shape index (κ1) is 11.4. The van der Waals surface area contributed by atoms with Crippen LogP contribution in [0.4, 0.5) is 5.69 Å². The van der Waals surface area contributed by atoms with Gasteiger partial charge in [-0.05, 0) is 18.9 Å². The van der Waals surface area contributed by atoms with Crippen molar-refractivity contribution in [2.24, 2.45) is 0 Å². The van der Waals surface area contributed by atoms with E-state index in [9.17, 15) is 9.59 Å². The van der Waals surface area contributed by atoms with Crippen LogP contribution in [0.25, 0.3) is 0 Å². The molecule has 1 aliphatic rings. The highest BCUT2D eigenvalue weighted by atomic mass is 16.4. The maximum atomic E-state index is 11.0. The number of anilines is 1. The highest BCUT2D eigenvalue weighted by Crippen LogP contribution is 2.25. The lowest BCUT2D eigenvalue weighted by molar-refractivity contribution is -0.138. The lowest BCUT2D eigenvalue weighted by Gasteiger charge is -2.23. The molecule has 1 saturated heterocycles. The molecule has 0 bridgehead atoms. The molecule has 6 heteroatoms. The Morgan fingerprint density at radius 3 is 2.76 bits per heavy atom. The fraction of sp³-hybridized carbons (Fsp3) is 0.364. The first-order valence-electron chi connectivity index (χ1n) is 5.27. The molecule has 2 rings (SSSR count). The van der Waals surface area contributed by atoms with Gasteiger partial charge in [0, 0.05) is 12.7 Å². The van der Waals surface area contributed by atoms with Gasteiger partial charge in [0.15, 0.2) is 0 Å². The average molecular weight is 236 g/mol. The Kier molecular flexibility index (Phi) is 2.95. The van der Waals surface area contributed by atoms with E-state index in [2.05, 4.69) is 4.98 Å². The second-order valence-electron chi connectivity index (χ2n) is 3.93. The van der Waals surface area contributed by atoms with Gasteiger partial charge >= 0.3 is 11.9 Å². The molecule has 0 spiro atoms. The maximum absolute atomic E-state index is 11.0. The van der Waals surface area contributed by atoms with Crippen molar-refractivity contribution in [2.75, 3.05) is 11.4 Å². The molecule has 1 aliphatic heterocycles. The molecule has 0 radical (unpaired) electrons. The average Bonchev–Trinajstić information content (AvgIpc) is 2.78. The zero-order valence-electron chi connectivity index (χ0n) is 9.04.